The van der Waals surface area contributed by atoms with Gasteiger partial charge in [0.25, 0.3) is 0 Å². The maximum atomic E-state index is 9.48. The van der Waals surface area contributed by atoms with Gasteiger partial charge >= 0.3 is 37.2 Å². The standard InChI is InChI=1S/C2H4O2Se/c3-2(4)1-5/h5H,1H2,(H,3,4)/p+2. The Morgan fingerprint density at radius 3 is 2.20 bits per heavy atom. The first kappa shape index (κ1) is 4.99. The molecule has 0 aromatic rings. The normalized spacial score (nSPS) is 7.40. The van der Waals surface area contributed by atoms with Crippen molar-refractivity contribution in [2.45, 2.75) is 5.32 Å². The second kappa shape index (κ2) is 2.24. The summed E-state index contributed by atoms with van der Waals surface area (Å²) < 4.78 is 0. The van der Waals surface area contributed by atoms with E-state index in [0.29, 0.717) is 5.32 Å². The van der Waals surface area contributed by atoms with Crippen molar-refractivity contribution in [2.24, 2.45) is 0 Å². The molecule has 0 heterocycles. The van der Waals surface area contributed by atoms with E-state index in [2.05, 4.69) is 0 Å². The molecule has 0 bridgehead atoms. The fourth-order valence-electron chi connectivity index (χ4n) is 0. The van der Waals surface area contributed by atoms with Crippen LogP contribution in [0.1, 0.15) is 0 Å². The van der Waals surface area contributed by atoms with Crippen molar-refractivity contribution in [3.8, 4) is 0 Å². The Labute approximate surface area is 38.0 Å². The summed E-state index contributed by atoms with van der Waals surface area (Å²) in [4.78, 5) is 9.48. The molecular weight excluding hydrogens is 135 g/mol. The molecule has 0 amide bonds. The third-order valence-corrected chi connectivity index (χ3v) is 0.834. The van der Waals surface area contributed by atoms with Crippen LogP contribution in [-0.2, 0) is 4.79 Å². The first-order valence-corrected chi connectivity index (χ1v) is 2.64. The molecule has 0 unspecified atom stereocenters. The quantitative estimate of drug-likeness (QED) is 0.316. The van der Waals surface area contributed by atoms with Crippen molar-refractivity contribution < 1.29 is 9.90 Å². The third kappa shape index (κ3) is 3.99. The summed E-state index contributed by atoms with van der Waals surface area (Å²) in [6.45, 7) is 0. The Hall–Kier alpha value is -0.0105. The topological polar surface area (TPSA) is 40.0 Å². The van der Waals surface area contributed by atoms with Gasteiger partial charge in [-0.05, 0) is 0 Å². The van der Waals surface area contributed by atoms with Crippen LogP contribution in [0.5, 0.6) is 0 Å². The van der Waals surface area contributed by atoms with Crippen LogP contribution < -0.4 is 0 Å². The summed E-state index contributed by atoms with van der Waals surface area (Å²) in [5, 5.41) is 6.52. The molecule has 0 aliphatic rings. The average Bonchev–Trinajstić information content (AvgIpc) is 1.38. The summed E-state index contributed by atoms with van der Waals surface area (Å²) in [7, 11) is 0. The molecule has 0 saturated carbocycles. The molecule has 0 aliphatic heterocycles. The van der Waals surface area contributed by atoms with Crippen LogP contribution >= 0.6 is 0 Å². The van der Waals surface area contributed by atoms with Gasteiger partial charge in [0, 0.05) is 0 Å². The number of hydrogen-bond acceptors (Lipinski definition) is 1. The van der Waals surface area contributed by atoms with Crippen LogP contribution in [0.2, 0.25) is 5.32 Å². The number of hydrogen-bond donors (Lipinski definition) is 0. The molecule has 0 saturated heterocycles. The van der Waals surface area contributed by atoms with E-state index in [4.69, 9.17) is 5.11 Å². The van der Waals surface area contributed by atoms with E-state index in [0.717, 1.165) is 0 Å². The number of carbonyl (C=O) groups excluding carboxylic acids is 1. The molecule has 0 aromatic heterocycles. The third-order valence-electron chi connectivity index (χ3n) is 0.161. The minimum atomic E-state index is -0.495. The van der Waals surface area contributed by atoms with Crippen molar-refractivity contribution in [3.63, 3.8) is 0 Å². The summed E-state index contributed by atoms with van der Waals surface area (Å²) in [5.74, 6) is -0.495. The first-order chi connectivity index (χ1) is 2.27. The van der Waals surface area contributed by atoms with E-state index < -0.39 is 5.97 Å². The van der Waals surface area contributed by atoms with E-state index in [1.165, 1.54) is 0 Å². The molecule has 5 heavy (non-hydrogen) atoms. The van der Waals surface area contributed by atoms with Crippen LogP contribution in [0.4, 0.5) is 0 Å². The maximum absolute atomic E-state index is 9.48. The van der Waals surface area contributed by atoms with Gasteiger partial charge < -0.3 is 0 Å². The predicted octanol–water partition coefficient (Wildman–Crippen LogP) is -1.71. The molecule has 0 fully saturated rings. The van der Waals surface area contributed by atoms with Crippen LogP contribution in [0, 0.1) is 0 Å². The molecule has 0 atom stereocenters. The van der Waals surface area contributed by atoms with Crippen LogP contribution in [-0.4, -0.2) is 27.1 Å². The molecule has 0 radical (unpaired) electrons. The molecule has 0 aromatic carbocycles. The van der Waals surface area contributed by atoms with Crippen molar-refractivity contribution in [1.29, 1.82) is 0 Å². The zero-order chi connectivity index (χ0) is 4.28. The molecular formula is C2H6O2Se+2. The second-order valence-corrected chi connectivity index (χ2v) is 1.34. The summed E-state index contributed by atoms with van der Waals surface area (Å²) in [5.41, 5.74) is 0. The molecule has 0 rings (SSSR count). The monoisotopic (exact) mass is 142 g/mol. The molecule has 2 nitrogen and oxygen atoms in total. The van der Waals surface area contributed by atoms with Crippen molar-refractivity contribution in [3.05, 3.63) is 0 Å². The van der Waals surface area contributed by atoms with Crippen molar-refractivity contribution >= 4 is 22.0 Å². The first-order valence-electron chi connectivity index (χ1n) is 1.16. The van der Waals surface area contributed by atoms with Gasteiger partial charge in [-0.2, -0.15) is 0 Å². The van der Waals surface area contributed by atoms with Gasteiger partial charge in [0.2, 0.25) is 0 Å². The Kier molecular flexibility index (Phi) is 2.24. The molecule has 2 N–H and O–H groups in total. The van der Waals surface area contributed by atoms with Gasteiger partial charge in [-0.15, -0.1) is 0 Å². The SMILES string of the molecule is O=C([OH2+])C[SeH2+]. The van der Waals surface area contributed by atoms with E-state index in [1.807, 2.05) is 0 Å². The van der Waals surface area contributed by atoms with Crippen molar-refractivity contribution in [2.75, 3.05) is 0 Å². The van der Waals surface area contributed by atoms with E-state index in [1.54, 1.807) is 16.0 Å². The predicted molar refractivity (Wildman–Crippen MR) is 22.0 cm³/mol. The van der Waals surface area contributed by atoms with Crippen LogP contribution in [0.3, 0.4) is 0 Å². The van der Waals surface area contributed by atoms with Crippen LogP contribution in [0.25, 0.3) is 0 Å². The molecule has 30 valence electrons. The molecule has 3 heteroatoms. The Balaban J connectivity index is 2.85. The summed E-state index contributed by atoms with van der Waals surface area (Å²) in [6.07, 6.45) is 0. The van der Waals surface area contributed by atoms with Crippen LogP contribution in [0.15, 0.2) is 0 Å². The van der Waals surface area contributed by atoms with Crippen molar-refractivity contribution in [1.82, 2.24) is 0 Å². The van der Waals surface area contributed by atoms with Gasteiger partial charge in [0.05, 0.1) is 0 Å². The number of carbonyl (C=O) groups is 1. The summed E-state index contributed by atoms with van der Waals surface area (Å²) in [6, 6.07) is 0. The fraction of sp³-hybridized carbons (Fsp3) is 0.500. The molecule has 0 aliphatic carbocycles. The molecule has 0 spiro atoms. The Morgan fingerprint density at radius 1 is 2.00 bits per heavy atom. The van der Waals surface area contributed by atoms with E-state index >= 15 is 0 Å². The fourth-order valence-corrected chi connectivity index (χ4v) is 0. The second-order valence-electron chi connectivity index (χ2n) is 0.600. The van der Waals surface area contributed by atoms with Gasteiger partial charge in [-0.3, -0.25) is 0 Å². The van der Waals surface area contributed by atoms with Gasteiger partial charge in [-0.1, -0.05) is 0 Å². The van der Waals surface area contributed by atoms with Gasteiger partial charge in [0.15, 0.2) is 0 Å². The van der Waals surface area contributed by atoms with Gasteiger partial charge in [-0.25, -0.2) is 0 Å². The van der Waals surface area contributed by atoms with E-state index in [9.17, 15) is 4.79 Å². The zero-order valence-electron chi connectivity index (χ0n) is 2.62. The number of rotatable bonds is 1. The average molecular weight is 141 g/mol. The summed E-state index contributed by atoms with van der Waals surface area (Å²) >= 11 is 1.66. The zero-order valence-corrected chi connectivity index (χ0v) is 4.71. The Bertz CT molecular complexity index is 42.9. The minimum absolute atomic E-state index is 0.333. The Morgan fingerprint density at radius 2 is 2.20 bits per heavy atom. The van der Waals surface area contributed by atoms with Gasteiger partial charge in [0.1, 0.15) is 0 Å². The van der Waals surface area contributed by atoms with E-state index in [-0.39, 0.29) is 0 Å².